The van der Waals surface area contributed by atoms with Crippen molar-refractivity contribution in [1.29, 1.82) is 0 Å². The number of amides is 4. The zero-order valence-corrected chi connectivity index (χ0v) is 23.9. The Hall–Kier alpha value is -2.81. The summed E-state index contributed by atoms with van der Waals surface area (Å²) in [5.74, 6) is 2.35. The Morgan fingerprint density at radius 3 is 2.37 bits per heavy atom. The van der Waals surface area contributed by atoms with Crippen LogP contribution in [-0.4, -0.2) is 96.6 Å². The van der Waals surface area contributed by atoms with Crippen molar-refractivity contribution in [2.75, 3.05) is 53.1 Å². The Balaban J connectivity index is 0.000000304. The predicted molar refractivity (Wildman–Crippen MR) is 147 cm³/mol. The van der Waals surface area contributed by atoms with Gasteiger partial charge in [-0.15, -0.1) is 0 Å². The van der Waals surface area contributed by atoms with Gasteiger partial charge in [0.2, 0.25) is 18.6 Å². The SMILES string of the molecule is CCCCN(CCCC)C(=O)CN1CC(c2ccc3c(c2)OCO3)CC1C.CCN1C(=O)CCN(C)C1=O. The van der Waals surface area contributed by atoms with Gasteiger partial charge in [-0.1, -0.05) is 32.8 Å². The molecule has 2 saturated heterocycles. The Kier molecular flexibility index (Phi) is 11.2. The number of urea groups is 1. The van der Waals surface area contributed by atoms with E-state index in [1.807, 2.05) is 6.07 Å². The van der Waals surface area contributed by atoms with E-state index in [0.29, 0.717) is 44.8 Å². The smallest absolute Gasteiger partial charge is 0.326 e. The number of imide groups is 1. The van der Waals surface area contributed by atoms with Crippen LogP contribution in [0, 0.1) is 0 Å². The molecule has 0 spiro atoms. The molecular formula is C29H46N4O5. The number of carbonyl (C=O) groups is 3. The van der Waals surface area contributed by atoms with E-state index in [9.17, 15) is 14.4 Å². The topological polar surface area (TPSA) is 82.6 Å². The minimum Gasteiger partial charge on any atom is -0.454 e. The van der Waals surface area contributed by atoms with E-state index in [4.69, 9.17) is 9.47 Å². The molecule has 1 aromatic carbocycles. The molecule has 38 heavy (non-hydrogen) atoms. The molecular weight excluding hydrogens is 484 g/mol. The second-order valence-electron chi connectivity index (χ2n) is 10.5. The normalized spacial score (nSPS) is 21.0. The van der Waals surface area contributed by atoms with Gasteiger partial charge >= 0.3 is 6.03 Å². The number of likely N-dealkylation sites (tertiary alicyclic amines) is 1. The minimum atomic E-state index is -0.177. The Morgan fingerprint density at radius 1 is 1.05 bits per heavy atom. The molecule has 2 atom stereocenters. The first kappa shape index (κ1) is 29.7. The monoisotopic (exact) mass is 530 g/mol. The second-order valence-corrected chi connectivity index (χ2v) is 10.5. The van der Waals surface area contributed by atoms with Gasteiger partial charge in [-0.05, 0) is 56.7 Å². The van der Waals surface area contributed by atoms with Gasteiger partial charge in [0.1, 0.15) is 0 Å². The summed E-state index contributed by atoms with van der Waals surface area (Å²) >= 11 is 0. The van der Waals surface area contributed by atoms with Crippen LogP contribution in [0.1, 0.15) is 77.7 Å². The first-order valence-electron chi connectivity index (χ1n) is 14.3. The molecule has 0 bridgehead atoms. The van der Waals surface area contributed by atoms with E-state index < -0.39 is 0 Å². The standard InChI is InChI=1S/C22H34N2O3.C7H12N2O2/c1-4-6-10-23(11-7-5-2)22(25)15-24-14-19(12-17(24)3)18-8-9-20-21(13-18)27-16-26-20;1-3-9-6(10)4-5-8(2)7(9)11/h8-9,13,17,19H,4-7,10-12,14-16H2,1-3H3;3-5H2,1-2H3. The van der Waals surface area contributed by atoms with Crippen molar-refractivity contribution in [3.05, 3.63) is 23.8 Å². The molecule has 0 aromatic heterocycles. The Morgan fingerprint density at radius 2 is 1.74 bits per heavy atom. The maximum Gasteiger partial charge on any atom is 0.326 e. The van der Waals surface area contributed by atoms with Crippen molar-refractivity contribution in [1.82, 2.24) is 19.6 Å². The number of rotatable bonds is 10. The van der Waals surface area contributed by atoms with Gasteiger partial charge in [-0.2, -0.15) is 0 Å². The molecule has 0 aliphatic carbocycles. The fourth-order valence-electron chi connectivity index (χ4n) is 5.18. The zero-order valence-electron chi connectivity index (χ0n) is 23.9. The van der Waals surface area contributed by atoms with E-state index in [1.165, 1.54) is 10.5 Å². The number of fused-ring (bicyclic) bond motifs is 1. The van der Waals surface area contributed by atoms with E-state index in [2.05, 4.69) is 42.7 Å². The Bertz CT molecular complexity index is 947. The summed E-state index contributed by atoms with van der Waals surface area (Å²) in [5, 5.41) is 0. The van der Waals surface area contributed by atoms with Crippen LogP contribution in [0.2, 0.25) is 0 Å². The maximum absolute atomic E-state index is 12.9. The lowest BCUT2D eigenvalue weighted by Crippen LogP contribution is -2.50. The third-order valence-electron chi connectivity index (χ3n) is 7.66. The molecule has 3 aliphatic heterocycles. The molecule has 3 aliphatic rings. The molecule has 3 heterocycles. The number of benzene rings is 1. The molecule has 2 fully saturated rings. The number of carbonyl (C=O) groups excluding carboxylic acids is 3. The highest BCUT2D eigenvalue weighted by molar-refractivity contribution is 5.96. The summed E-state index contributed by atoms with van der Waals surface area (Å²) in [6, 6.07) is 6.51. The molecule has 4 amide bonds. The summed E-state index contributed by atoms with van der Waals surface area (Å²) in [7, 11) is 1.71. The minimum absolute atomic E-state index is 0.0596. The Labute approximate surface area is 228 Å². The summed E-state index contributed by atoms with van der Waals surface area (Å²) in [6.07, 6.45) is 5.97. The molecule has 9 nitrogen and oxygen atoms in total. The largest absolute Gasteiger partial charge is 0.454 e. The highest BCUT2D eigenvalue weighted by Gasteiger charge is 2.33. The maximum atomic E-state index is 12.9. The number of hydrogen-bond donors (Lipinski definition) is 0. The van der Waals surface area contributed by atoms with Crippen molar-refractivity contribution in [2.45, 2.75) is 78.2 Å². The highest BCUT2D eigenvalue weighted by atomic mass is 16.7. The highest BCUT2D eigenvalue weighted by Crippen LogP contribution is 2.38. The van der Waals surface area contributed by atoms with Crippen molar-refractivity contribution >= 4 is 17.8 Å². The van der Waals surface area contributed by atoms with Crippen LogP contribution in [0.15, 0.2) is 18.2 Å². The van der Waals surface area contributed by atoms with Crippen LogP contribution in [0.25, 0.3) is 0 Å². The van der Waals surface area contributed by atoms with Crippen LogP contribution in [-0.2, 0) is 9.59 Å². The van der Waals surface area contributed by atoms with E-state index >= 15 is 0 Å². The number of unbranched alkanes of at least 4 members (excludes halogenated alkanes) is 2. The van der Waals surface area contributed by atoms with Gasteiger partial charge < -0.3 is 19.3 Å². The lowest BCUT2D eigenvalue weighted by Gasteiger charge is -2.30. The van der Waals surface area contributed by atoms with Crippen molar-refractivity contribution in [2.24, 2.45) is 0 Å². The lowest BCUT2D eigenvalue weighted by atomic mass is 9.96. The number of hydrogen-bond acceptors (Lipinski definition) is 6. The number of nitrogens with zero attached hydrogens (tertiary/aromatic N) is 4. The first-order chi connectivity index (χ1) is 18.3. The third kappa shape index (κ3) is 7.62. The molecule has 212 valence electrons. The molecule has 4 rings (SSSR count). The van der Waals surface area contributed by atoms with Gasteiger partial charge in [-0.3, -0.25) is 19.4 Å². The van der Waals surface area contributed by atoms with E-state index in [0.717, 1.165) is 63.2 Å². The van der Waals surface area contributed by atoms with Crippen molar-refractivity contribution in [3.63, 3.8) is 0 Å². The van der Waals surface area contributed by atoms with Gasteiger partial charge in [0.15, 0.2) is 11.5 Å². The number of ether oxygens (including phenoxy) is 2. The third-order valence-corrected chi connectivity index (χ3v) is 7.66. The van der Waals surface area contributed by atoms with Crippen LogP contribution < -0.4 is 9.47 Å². The van der Waals surface area contributed by atoms with Crippen molar-refractivity contribution < 1.29 is 23.9 Å². The van der Waals surface area contributed by atoms with Crippen LogP contribution in [0.4, 0.5) is 4.79 Å². The van der Waals surface area contributed by atoms with Gasteiger partial charge in [0.25, 0.3) is 0 Å². The quantitative estimate of drug-likeness (QED) is 0.448. The molecule has 0 N–H and O–H groups in total. The molecule has 0 radical (unpaired) electrons. The first-order valence-corrected chi connectivity index (χ1v) is 14.3. The van der Waals surface area contributed by atoms with E-state index in [-0.39, 0.29) is 17.8 Å². The van der Waals surface area contributed by atoms with E-state index in [1.54, 1.807) is 18.9 Å². The summed E-state index contributed by atoms with van der Waals surface area (Å²) in [6.45, 7) is 13.0. The van der Waals surface area contributed by atoms with Gasteiger partial charge in [0, 0.05) is 52.2 Å². The molecule has 1 aromatic rings. The summed E-state index contributed by atoms with van der Waals surface area (Å²) in [5.41, 5.74) is 1.29. The fraction of sp³-hybridized carbons (Fsp3) is 0.690. The fourth-order valence-corrected chi connectivity index (χ4v) is 5.18. The summed E-state index contributed by atoms with van der Waals surface area (Å²) < 4.78 is 10.9. The van der Waals surface area contributed by atoms with Crippen LogP contribution in [0.5, 0.6) is 11.5 Å². The second kappa shape index (κ2) is 14.4. The zero-order chi connectivity index (χ0) is 27.7. The van der Waals surface area contributed by atoms with Crippen LogP contribution >= 0.6 is 0 Å². The molecule has 2 unspecified atom stereocenters. The van der Waals surface area contributed by atoms with Crippen molar-refractivity contribution in [3.8, 4) is 11.5 Å². The molecule has 9 heteroatoms. The van der Waals surface area contributed by atoms with Crippen LogP contribution in [0.3, 0.4) is 0 Å². The predicted octanol–water partition coefficient (Wildman–Crippen LogP) is 4.31. The average molecular weight is 531 g/mol. The lowest BCUT2D eigenvalue weighted by molar-refractivity contribution is -0.133. The van der Waals surface area contributed by atoms with Gasteiger partial charge in [0.05, 0.1) is 6.54 Å². The van der Waals surface area contributed by atoms with Gasteiger partial charge in [-0.25, -0.2) is 4.79 Å². The molecule has 0 saturated carbocycles. The average Bonchev–Trinajstić information content (AvgIpc) is 3.53. The summed E-state index contributed by atoms with van der Waals surface area (Å²) in [4.78, 5) is 42.4.